The lowest BCUT2D eigenvalue weighted by Gasteiger charge is -2.21. The van der Waals surface area contributed by atoms with Crippen LogP contribution in [0.1, 0.15) is 34.9 Å². The second-order valence-corrected chi connectivity index (χ2v) is 4.48. The number of hydrogen-bond donors (Lipinski definition) is 1. The minimum atomic E-state index is -0.416. The topological polar surface area (TPSA) is 80.5 Å². The van der Waals surface area contributed by atoms with E-state index in [1.165, 1.54) is 0 Å². The molecule has 0 radical (unpaired) electrons. The molecule has 0 saturated carbocycles. The maximum atomic E-state index is 11.9. The van der Waals surface area contributed by atoms with E-state index in [4.69, 9.17) is 0 Å². The van der Waals surface area contributed by atoms with Crippen molar-refractivity contribution in [3.05, 3.63) is 35.7 Å². The van der Waals surface area contributed by atoms with Crippen LogP contribution >= 0.6 is 0 Å². The van der Waals surface area contributed by atoms with E-state index < -0.39 is 5.92 Å². The number of imide groups is 1. The van der Waals surface area contributed by atoms with Gasteiger partial charge in [-0.1, -0.05) is 6.07 Å². The Morgan fingerprint density at radius 2 is 2.21 bits per heavy atom. The van der Waals surface area contributed by atoms with Crippen LogP contribution in [0.2, 0.25) is 0 Å². The summed E-state index contributed by atoms with van der Waals surface area (Å²) in [6, 6.07) is 7.07. The van der Waals surface area contributed by atoms with E-state index in [2.05, 4.69) is 10.4 Å². The molecule has 6 heteroatoms. The summed E-state index contributed by atoms with van der Waals surface area (Å²) in [4.78, 5) is 33.8. The molecule has 0 bridgehead atoms. The predicted molar refractivity (Wildman–Crippen MR) is 65.7 cm³/mol. The lowest BCUT2D eigenvalue weighted by molar-refractivity contribution is -0.134. The van der Waals surface area contributed by atoms with Crippen LogP contribution in [0.3, 0.4) is 0 Å². The van der Waals surface area contributed by atoms with Gasteiger partial charge in [0, 0.05) is 6.42 Å². The fourth-order valence-corrected chi connectivity index (χ4v) is 2.35. The highest BCUT2D eigenvalue weighted by Gasteiger charge is 2.29. The zero-order chi connectivity index (χ0) is 13.4. The van der Waals surface area contributed by atoms with Crippen molar-refractivity contribution in [1.29, 1.82) is 0 Å². The van der Waals surface area contributed by atoms with Gasteiger partial charge in [0.2, 0.25) is 11.8 Å². The first-order valence-electron chi connectivity index (χ1n) is 5.96. The van der Waals surface area contributed by atoms with Crippen molar-refractivity contribution in [3.8, 4) is 0 Å². The lowest BCUT2D eigenvalue weighted by Crippen LogP contribution is -2.40. The van der Waals surface area contributed by atoms with Gasteiger partial charge in [0.05, 0.1) is 17.1 Å². The Kier molecular flexibility index (Phi) is 2.63. The molecule has 6 nitrogen and oxygen atoms in total. The van der Waals surface area contributed by atoms with Gasteiger partial charge in [-0.15, -0.1) is 0 Å². The number of carbonyl (C=O) groups excluding carboxylic acids is 3. The van der Waals surface area contributed by atoms with Crippen molar-refractivity contribution in [2.45, 2.75) is 18.8 Å². The Hall–Kier alpha value is -2.50. The number of piperidine rings is 1. The Labute approximate surface area is 108 Å². The summed E-state index contributed by atoms with van der Waals surface area (Å²) in [6.07, 6.45) is 1.44. The highest BCUT2D eigenvalue weighted by Crippen LogP contribution is 2.25. The van der Waals surface area contributed by atoms with E-state index in [0.717, 1.165) is 5.52 Å². The predicted octanol–water partition coefficient (Wildman–Crippen LogP) is 0.667. The Morgan fingerprint density at radius 1 is 1.37 bits per heavy atom. The number of aromatic nitrogens is 2. The molecule has 0 aliphatic carbocycles. The van der Waals surface area contributed by atoms with Crippen LogP contribution in [-0.2, 0) is 9.59 Å². The maximum Gasteiger partial charge on any atom is 0.235 e. The third-order valence-electron chi connectivity index (χ3n) is 3.25. The molecule has 3 rings (SSSR count). The molecule has 19 heavy (non-hydrogen) atoms. The summed E-state index contributed by atoms with van der Waals surface area (Å²) in [6.45, 7) is 0. The molecule has 1 aliphatic rings. The van der Waals surface area contributed by atoms with Gasteiger partial charge in [-0.25, -0.2) is 4.52 Å². The average Bonchev–Trinajstić information content (AvgIpc) is 2.82. The van der Waals surface area contributed by atoms with Crippen LogP contribution in [0, 0.1) is 0 Å². The number of carbonyl (C=O) groups is 3. The first-order valence-corrected chi connectivity index (χ1v) is 5.96. The maximum absolute atomic E-state index is 11.9. The van der Waals surface area contributed by atoms with Crippen LogP contribution in [0.25, 0.3) is 5.52 Å². The van der Waals surface area contributed by atoms with E-state index in [1.807, 2.05) is 12.1 Å². The molecule has 0 spiro atoms. The molecular weight excluding hydrogens is 246 g/mol. The minimum Gasteiger partial charge on any atom is -0.296 e. The smallest absolute Gasteiger partial charge is 0.235 e. The largest absolute Gasteiger partial charge is 0.296 e. The first-order chi connectivity index (χ1) is 9.19. The van der Waals surface area contributed by atoms with Gasteiger partial charge in [0.1, 0.15) is 5.69 Å². The molecule has 96 valence electrons. The standard InChI is InChI=1S/C13H11N3O3/c17-7-8-6-9-2-1-3-11(16(9)15-8)10-4-5-12(18)14-13(10)19/h1-3,6-7,10H,4-5H2,(H,14,18,19). The summed E-state index contributed by atoms with van der Waals surface area (Å²) in [5.74, 6) is -0.977. The highest BCUT2D eigenvalue weighted by molar-refractivity contribution is 6.00. The second-order valence-electron chi connectivity index (χ2n) is 4.48. The molecule has 3 heterocycles. The number of nitrogens with zero attached hydrogens (tertiary/aromatic N) is 2. The van der Waals surface area contributed by atoms with Crippen molar-refractivity contribution in [2.75, 3.05) is 0 Å². The molecule has 0 aromatic carbocycles. The molecule has 1 fully saturated rings. The molecular formula is C13H11N3O3. The minimum absolute atomic E-state index is 0.248. The van der Waals surface area contributed by atoms with Crippen molar-refractivity contribution < 1.29 is 14.4 Å². The van der Waals surface area contributed by atoms with Gasteiger partial charge in [-0.3, -0.25) is 19.7 Å². The quantitative estimate of drug-likeness (QED) is 0.633. The van der Waals surface area contributed by atoms with Gasteiger partial charge in [-0.2, -0.15) is 5.10 Å². The number of rotatable bonds is 2. The third kappa shape index (κ3) is 1.91. The average molecular weight is 257 g/mol. The number of pyridine rings is 1. The van der Waals surface area contributed by atoms with Crippen molar-refractivity contribution in [3.63, 3.8) is 0 Å². The van der Waals surface area contributed by atoms with Crippen LogP contribution in [0.4, 0.5) is 0 Å². The summed E-state index contributed by atoms with van der Waals surface area (Å²) < 4.78 is 1.59. The van der Waals surface area contributed by atoms with Crippen LogP contribution in [0.5, 0.6) is 0 Å². The summed E-state index contributed by atoms with van der Waals surface area (Å²) in [7, 11) is 0. The number of hydrogen-bond acceptors (Lipinski definition) is 4. The molecule has 1 unspecified atom stereocenters. The van der Waals surface area contributed by atoms with Crippen molar-refractivity contribution in [2.24, 2.45) is 0 Å². The molecule has 2 amide bonds. The Morgan fingerprint density at radius 3 is 2.95 bits per heavy atom. The number of aldehydes is 1. The van der Waals surface area contributed by atoms with Gasteiger partial charge in [0.25, 0.3) is 0 Å². The van der Waals surface area contributed by atoms with Gasteiger partial charge >= 0.3 is 0 Å². The van der Waals surface area contributed by atoms with Crippen LogP contribution in [0.15, 0.2) is 24.3 Å². The van der Waals surface area contributed by atoms with Crippen molar-refractivity contribution >= 4 is 23.6 Å². The molecule has 1 saturated heterocycles. The Balaban J connectivity index is 2.09. The molecule has 2 aromatic heterocycles. The van der Waals surface area contributed by atoms with Gasteiger partial charge in [0.15, 0.2) is 6.29 Å². The van der Waals surface area contributed by atoms with Gasteiger partial charge < -0.3 is 0 Å². The summed E-state index contributed by atoms with van der Waals surface area (Å²) >= 11 is 0. The van der Waals surface area contributed by atoms with Crippen molar-refractivity contribution in [1.82, 2.24) is 14.9 Å². The highest BCUT2D eigenvalue weighted by atomic mass is 16.2. The monoisotopic (exact) mass is 257 g/mol. The van der Waals surface area contributed by atoms with E-state index in [9.17, 15) is 14.4 Å². The normalized spacial score (nSPS) is 19.5. The van der Waals surface area contributed by atoms with E-state index in [0.29, 0.717) is 30.5 Å². The Bertz CT molecular complexity index is 689. The molecule has 1 aliphatic heterocycles. The van der Waals surface area contributed by atoms with E-state index in [-0.39, 0.29) is 11.8 Å². The first kappa shape index (κ1) is 11.6. The summed E-state index contributed by atoms with van der Waals surface area (Å²) in [5, 5.41) is 6.47. The zero-order valence-corrected chi connectivity index (χ0v) is 10.00. The molecule has 1 N–H and O–H groups in total. The second kappa shape index (κ2) is 4.31. The van der Waals surface area contributed by atoms with E-state index in [1.54, 1.807) is 16.6 Å². The number of nitrogens with one attached hydrogen (secondary N) is 1. The fraction of sp³-hybridized carbons (Fsp3) is 0.231. The van der Waals surface area contributed by atoms with Crippen LogP contribution < -0.4 is 5.32 Å². The SMILES string of the molecule is O=Cc1cc2cccc(C3CCC(=O)NC3=O)n2n1. The van der Waals surface area contributed by atoms with E-state index >= 15 is 0 Å². The van der Waals surface area contributed by atoms with Crippen LogP contribution in [-0.4, -0.2) is 27.7 Å². The summed E-state index contributed by atoms with van der Waals surface area (Å²) in [5.41, 5.74) is 1.76. The fourth-order valence-electron chi connectivity index (χ4n) is 2.35. The van der Waals surface area contributed by atoms with Gasteiger partial charge in [-0.05, 0) is 24.6 Å². The number of fused-ring (bicyclic) bond motifs is 1. The lowest BCUT2D eigenvalue weighted by atomic mass is 9.94. The zero-order valence-electron chi connectivity index (χ0n) is 10.00. The third-order valence-corrected chi connectivity index (χ3v) is 3.25. The molecule has 1 atom stereocenters. The molecule has 2 aromatic rings. The number of amides is 2.